The lowest BCUT2D eigenvalue weighted by Gasteiger charge is -2.02. The molecule has 10 heteroatoms. The monoisotopic (exact) mass is 306 g/mol. The number of methoxy groups -OCH3 is 1. The highest BCUT2D eigenvalue weighted by Crippen LogP contribution is 2.27. The fraction of sp³-hybridized carbons (Fsp3) is 0.300. The van der Waals surface area contributed by atoms with Crippen LogP contribution in [0.2, 0.25) is 0 Å². The molecule has 2 rings (SSSR count). The van der Waals surface area contributed by atoms with Crippen LogP contribution < -0.4 is 10.1 Å². The van der Waals surface area contributed by atoms with Gasteiger partial charge in [-0.05, 0) is 0 Å². The summed E-state index contributed by atoms with van der Waals surface area (Å²) in [5.74, 6) is -0.446. The van der Waals surface area contributed by atoms with E-state index in [1.54, 1.807) is 0 Å². The molecule has 2 N–H and O–H groups in total. The van der Waals surface area contributed by atoms with E-state index in [0.717, 1.165) is 11.3 Å². The molecule has 0 unspecified atom stereocenters. The zero-order valence-corrected chi connectivity index (χ0v) is 10.9. The van der Waals surface area contributed by atoms with Crippen LogP contribution in [0.15, 0.2) is 12.4 Å². The second-order valence-corrected chi connectivity index (χ2v) is 4.61. The van der Waals surface area contributed by atoms with Crippen molar-refractivity contribution < 1.29 is 22.7 Å². The molecule has 2 aromatic heterocycles. The van der Waals surface area contributed by atoms with Crippen molar-refractivity contribution >= 4 is 17.2 Å². The maximum absolute atomic E-state index is 12.3. The second-order valence-electron chi connectivity index (χ2n) is 3.62. The first-order chi connectivity index (χ1) is 9.40. The Morgan fingerprint density at radius 2 is 2.20 bits per heavy atom. The quantitative estimate of drug-likeness (QED) is 0.903. The van der Waals surface area contributed by atoms with Crippen molar-refractivity contribution in [2.24, 2.45) is 0 Å². The van der Waals surface area contributed by atoms with E-state index in [4.69, 9.17) is 4.74 Å². The minimum absolute atomic E-state index is 0.0159. The maximum Gasteiger partial charge on any atom is 0.432 e. The van der Waals surface area contributed by atoms with Crippen molar-refractivity contribution in [2.45, 2.75) is 12.7 Å². The molecule has 0 saturated carbocycles. The number of aromatic amines is 1. The minimum atomic E-state index is -4.49. The van der Waals surface area contributed by atoms with E-state index in [2.05, 4.69) is 20.3 Å². The number of carbonyl (C=O) groups is 1. The molecule has 0 radical (unpaired) electrons. The number of hydrogen-bond acceptors (Lipinski definition) is 5. The Balaban J connectivity index is 1.95. The third-order valence-corrected chi connectivity index (χ3v) is 3.19. The van der Waals surface area contributed by atoms with E-state index in [1.165, 1.54) is 13.3 Å². The lowest BCUT2D eigenvalue weighted by molar-refractivity contribution is -0.140. The summed E-state index contributed by atoms with van der Waals surface area (Å²) >= 11 is 1.03. The number of carbonyl (C=O) groups excluding carboxylic acids is 1. The maximum atomic E-state index is 12.3. The standard InChI is InChI=1S/C10H9F3N4O2S/c1-19-9-16-2-5(20-9)8(18)15-4-7-14-3-6(17-7)10(11,12)13/h2-3H,4H2,1H3,(H,14,17)(H,15,18). The van der Waals surface area contributed by atoms with Crippen molar-refractivity contribution in [1.29, 1.82) is 0 Å². The van der Waals surface area contributed by atoms with Gasteiger partial charge in [0.2, 0.25) is 0 Å². The van der Waals surface area contributed by atoms with Gasteiger partial charge in [0, 0.05) is 0 Å². The number of halogens is 3. The smallest absolute Gasteiger partial charge is 0.432 e. The number of amides is 1. The molecule has 0 bridgehead atoms. The molecule has 0 spiro atoms. The van der Waals surface area contributed by atoms with Crippen LogP contribution in [-0.2, 0) is 12.7 Å². The Labute approximate surface area is 115 Å². The fourth-order valence-corrected chi connectivity index (χ4v) is 1.95. The van der Waals surface area contributed by atoms with E-state index in [1.807, 2.05) is 0 Å². The number of aromatic nitrogens is 3. The first-order valence-corrected chi connectivity index (χ1v) is 6.11. The number of rotatable bonds is 4. The van der Waals surface area contributed by atoms with Crippen LogP contribution in [0.4, 0.5) is 13.2 Å². The Kier molecular flexibility index (Phi) is 3.93. The largest absolute Gasteiger partial charge is 0.473 e. The molecule has 0 aliphatic heterocycles. The summed E-state index contributed by atoms with van der Waals surface area (Å²) in [5.41, 5.74) is -0.957. The van der Waals surface area contributed by atoms with E-state index >= 15 is 0 Å². The Hall–Kier alpha value is -2.10. The van der Waals surface area contributed by atoms with Gasteiger partial charge in [-0.25, -0.2) is 9.97 Å². The van der Waals surface area contributed by atoms with E-state index < -0.39 is 17.8 Å². The fourth-order valence-electron chi connectivity index (χ4n) is 1.30. The Morgan fingerprint density at radius 1 is 1.45 bits per heavy atom. The van der Waals surface area contributed by atoms with E-state index in [9.17, 15) is 18.0 Å². The predicted molar refractivity (Wildman–Crippen MR) is 63.4 cm³/mol. The van der Waals surface area contributed by atoms with Gasteiger partial charge in [-0.3, -0.25) is 4.79 Å². The molecule has 2 aromatic rings. The summed E-state index contributed by atoms with van der Waals surface area (Å²) < 4.78 is 41.8. The molecule has 6 nitrogen and oxygen atoms in total. The summed E-state index contributed by atoms with van der Waals surface area (Å²) in [5, 5.41) is 2.76. The van der Waals surface area contributed by atoms with Crippen LogP contribution in [0.5, 0.6) is 5.19 Å². The molecule has 0 aliphatic rings. The van der Waals surface area contributed by atoms with Gasteiger partial charge in [-0.2, -0.15) is 13.2 Å². The Morgan fingerprint density at radius 3 is 2.75 bits per heavy atom. The molecule has 1 amide bonds. The summed E-state index contributed by atoms with van der Waals surface area (Å²) in [4.78, 5) is 21.4. The summed E-state index contributed by atoms with van der Waals surface area (Å²) in [7, 11) is 1.42. The summed E-state index contributed by atoms with van der Waals surface area (Å²) in [6.45, 7) is -0.144. The minimum Gasteiger partial charge on any atom is -0.473 e. The van der Waals surface area contributed by atoms with Crippen LogP contribution in [0.1, 0.15) is 21.2 Å². The normalized spacial score (nSPS) is 11.4. The lowest BCUT2D eigenvalue weighted by Crippen LogP contribution is -2.22. The van der Waals surface area contributed by atoms with Crippen molar-refractivity contribution in [1.82, 2.24) is 20.3 Å². The average molecular weight is 306 g/mol. The molecule has 0 fully saturated rings. The molecule has 0 saturated heterocycles. The average Bonchev–Trinajstić information content (AvgIpc) is 3.04. The number of nitrogens with one attached hydrogen (secondary N) is 2. The van der Waals surface area contributed by atoms with Gasteiger partial charge in [-0.15, -0.1) is 0 Å². The van der Waals surface area contributed by atoms with E-state index in [-0.39, 0.29) is 12.4 Å². The van der Waals surface area contributed by atoms with Crippen LogP contribution in [0, 0.1) is 0 Å². The number of ether oxygens (including phenoxy) is 1. The highest BCUT2D eigenvalue weighted by Gasteiger charge is 2.32. The van der Waals surface area contributed by atoms with Crippen molar-refractivity contribution in [2.75, 3.05) is 7.11 Å². The Bertz CT molecular complexity index is 608. The van der Waals surface area contributed by atoms with Crippen molar-refractivity contribution in [3.8, 4) is 5.19 Å². The highest BCUT2D eigenvalue weighted by molar-refractivity contribution is 7.15. The van der Waals surface area contributed by atoms with Gasteiger partial charge in [0.1, 0.15) is 16.4 Å². The molecule has 0 aliphatic carbocycles. The van der Waals surface area contributed by atoms with Gasteiger partial charge in [0.15, 0.2) is 0 Å². The van der Waals surface area contributed by atoms with Gasteiger partial charge in [0.05, 0.1) is 26.0 Å². The first-order valence-electron chi connectivity index (χ1n) is 5.29. The molecule has 0 aromatic carbocycles. The van der Waals surface area contributed by atoms with Crippen LogP contribution in [0.25, 0.3) is 0 Å². The number of imidazole rings is 1. The SMILES string of the molecule is COc1ncc(C(=O)NCc2ncc(C(F)(F)F)[nH]2)s1. The number of thiazole rings is 1. The number of nitrogens with zero attached hydrogens (tertiary/aromatic N) is 2. The number of H-pyrrole nitrogens is 1. The second kappa shape index (κ2) is 5.49. The van der Waals surface area contributed by atoms with Gasteiger partial charge in [0.25, 0.3) is 11.1 Å². The van der Waals surface area contributed by atoms with E-state index in [0.29, 0.717) is 16.3 Å². The predicted octanol–water partition coefficient (Wildman–Crippen LogP) is 1.82. The molecule has 108 valence electrons. The van der Waals surface area contributed by atoms with Crippen LogP contribution >= 0.6 is 11.3 Å². The summed E-state index contributed by atoms with van der Waals surface area (Å²) in [6, 6.07) is 0. The van der Waals surface area contributed by atoms with Crippen LogP contribution in [0.3, 0.4) is 0 Å². The molecule has 0 atom stereocenters. The van der Waals surface area contributed by atoms with Gasteiger partial charge >= 0.3 is 6.18 Å². The molecule has 2 heterocycles. The third kappa shape index (κ3) is 3.26. The topological polar surface area (TPSA) is 79.9 Å². The number of alkyl halides is 3. The highest BCUT2D eigenvalue weighted by atomic mass is 32.1. The zero-order valence-electron chi connectivity index (χ0n) is 10.1. The molecule has 20 heavy (non-hydrogen) atoms. The molecular weight excluding hydrogens is 297 g/mol. The first kappa shape index (κ1) is 14.3. The van der Waals surface area contributed by atoms with Crippen molar-refractivity contribution in [3.05, 3.63) is 28.8 Å². The zero-order chi connectivity index (χ0) is 14.8. The summed E-state index contributed by atoms with van der Waals surface area (Å²) in [6.07, 6.45) is -2.49. The van der Waals surface area contributed by atoms with Gasteiger partial charge in [-0.1, -0.05) is 11.3 Å². The number of hydrogen-bond donors (Lipinski definition) is 2. The molecular formula is C10H9F3N4O2S. The third-order valence-electron chi connectivity index (χ3n) is 2.23. The van der Waals surface area contributed by atoms with Gasteiger partial charge < -0.3 is 15.0 Å². The lowest BCUT2D eigenvalue weighted by atomic mass is 10.5. The van der Waals surface area contributed by atoms with Crippen LogP contribution in [-0.4, -0.2) is 28.0 Å². The van der Waals surface area contributed by atoms with Crippen molar-refractivity contribution in [3.63, 3.8) is 0 Å².